The molecule has 1 saturated carbocycles. The summed E-state index contributed by atoms with van der Waals surface area (Å²) in [6, 6.07) is 13.1. The summed E-state index contributed by atoms with van der Waals surface area (Å²) < 4.78 is 11.9. The van der Waals surface area contributed by atoms with E-state index in [0.717, 1.165) is 11.1 Å². The number of hydrogen-bond donors (Lipinski definition) is 1. The molecular formula is C22H26O4. The lowest BCUT2D eigenvalue weighted by Gasteiger charge is -2.23. The number of benzene rings is 2. The minimum absolute atomic E-state index is 0.170. The summed E-state index contributed by atoms with van der Waals surface area (Å²) in [5.41, 5.74) is 1.91. The van der Waals surface area contributed by atoms with Crippen LogP contribution in [0.1, 0.15) is 53.6 Å². The first-order valence-electron chi connectivity index (χ1n) is 9.31. The van der Waals surface area contributed by atoms with Crippen molar-refractivity contribution in [3.8, 4) is 11.5 Å². The van der Waals surface area contributed by atoms with Crippen molar-refractivity contribution in [3.05, 3.63) is 59.2 Å². The van der Waals surface area contributed by atoms with E-state index in [2.05, 4.69) is 0 Å². The molecule has 0 saturated heterocycles. The Bertz CT molecular complexity index is 733. The third-order valence-corrected chi connectivity index (χ3v) is 5.01. The van der Waals surface area contributed by atoms with E-state index in [0.29, 0.717) is 30.6 Å². The molecule has 4 nitrogen and oxygen atoms in total. The van der Waals surface area contributed by atoms with Crippen LogP contribution in [-0.2, 0) is 6.61 Å². The van der Waals surface area contributed by atoms with Gasteiger partial charge in [-0.25, -0.2) is 4.79 Å². The van der Waals surface area contributed by atoms with Crippen molar-refractivity contribution in [2.45, 2.75) is 45.6 Å². The normalized spacial score (nSPS) is 14.8. The molecule has 1 aliphatic rings. The monoisotopic (exact) mass is 354 g/mol. The fourth-order valence-corrected chi connectivity index (χ4v) is 3.48. The van der Waals surface area contributed by atoms with E-state index in [1.807, 2.05) is 37.3 Å². The molecule has 26 heavy (non-hydrogen) atoms. The minimum atomic E-state index is -0.991. The number of carboxylic acid groups (broad SMARTS) is 1. The Morgan fingerprint density at radius 1 is 1.04 bits per heavy atom. The van der Waals surface area contributed by atoms with Crippen LogP contribution in [0.25, 0.3) is 0 Å². The largest absolute Gasteiger partial charge is 0.493 e. The molecule has 1 aliphatic carbocycles. The van der Waals surface area contributed by atoms with Crippen LogP contribution < -0.4 is 9.47 Å². The van der Waals surface area contributed by atoms with Gasteiger partial charge >= 0.3 is 5.97 Å². The zero-order chi connectivity index (χ0) is 18.4. The van der Waals surface area contributed by atoms with Gasteiger partial charge in [-0.2, -0.15) is 0 Å². The maximum atomic E-state index is 11.6. The maximum Gasteiger partial charge on any atom is 0.339 e. The Hall–Kier alpha value is -2.49. The summed E-state index contributed by atoms with van der Waals surface area (Å²) in [5.74, 6) is 0.706. The molecule has 138 valence electrons. The number of carboxylic acids is 1. The van der Waals surface area contributed by atoms with E-state index >= 15 is 0 Å². The standard InChI is InChI=1S/C22H26O4/c1-16-20(25-14-17-8-4-2-5-9-17)13-12-19(22(23)24)21(16)26-15-18-10-6-3-7-11-18/h3,6-7,10-13,17H,2,4-5,8-9,14-15H2,1H3,(H,23,24). The lowest BCUT2D eigenvalue weighted by molar-refractivity contribution is 0.0691. The molecule has 1 N–H and O–H groups in total. The van der Waals surface area contributed by atoms with Gasteiger partial charge in [0, 0.05) is 5.56 Å². The molecule has 0 radical (unpaired) electrons. The molecule has 0 aromatic heterocycles. The predicted molar refractivity (Wildman–Crippen MR) is 101 cm³/mol. The van der Waals surface area contributed by atoms with E-state index in [1.165, 1.54) is 32.1 Å². The Kier molecular flexibility index (Phi) is 6.16. The van der Waals surface area contributed by atoms with Gasteiger partial charge in [-0.1, -0.05) is 49.6 Å². The summed E-state index contributed by atoms with van der Waals surface area (Å²) >= 11 is 0. The minimum Gasteiger partial charge on any atom is -0.493 e. The third kappa shape index (κ3) is 4.57. The Morgan fingerprint density at radius 2 is 1.77 bits per heavy atom. The maximum absolute atomic E-state index is 11.6. The fraction of sp³-hybridized carbons (Fsp3) is 0.409. The van der Waals surface area contributed by atoms with Crippen LogP contribution >= 0.6 is 0 Å². The van der Waals surface area contributed by atoms with E-state index in [4.69, 9.17) is 9.47 Å². The van der Waals surface area contributed by atoms with Gasteiger partial charge in [0.15, 0.2) is 0 Å². The summed E-state index contributed by atoms with van der Waals surface area (Å²) in [6.07, 6.45) is 6.29. The van der Waals surface area contributed by atoms with Crippen molar-refractivity contribution in [2.24, 2.45) is 5.92 Å². The molecular weight excluding hydrogens is 328 g/mol. The van der Waals surface area contributed by atoms with Crippen molar-refractivity contribution in [3.63, 3.8) is 0 Å². The summed E-state index contributed by atoms with van der Waals surface area (Å²) in [6.45, 7) is 2.88. The van der Waals surface area contributed by atoms with Gasteiger partial charge in [0.2, 0.25) is 0 Å². The average molecular weight is 354 g/mol. The second-order valence-corrected chi connectivity index (χ2v) is 6.96. The van der Waals surface area contributed by atoms with Gasteiger partial charge in [0.1, 0.15) is 23.7 Å². The first kappa shape index (κ1) is 18.3. The van der Waals surface area contributed by atoms with E-state index in [9.17, 15) is 9.90 Å². The van der Waals surface area contributed by atoms with Crippen molar-refractivity contribution in [1.29, 1.82) is 0 Å². The van der Waals surface area contributed by atoms with Crippen molar-refractivity contribution in [2.75, 3.05) is 6.61 Å². The van der Waals surface area contributed by atoms with Gasteiger partial charge in [-0.05, 0) is 43.4 Å². The molecule has 3 rings (SSSR count). The Morgan fingerprint density at radius 3 is 2.46 bits per heavy atom. The number of carbonyl (C=O) groups is 1. The van der Waals surface area contributed by atoms with Gasteiger partial charge < -0.3 is 14.6 Å². The molecule has 0 atom stereocenters. The highest BCUT2D eigenvalue weighted by Gasteiger charge is 2.19. The molecule has 0 heterocycles. The molecule has 1 fully saturated rings. The third-order valence-electron chi connectivity index (χ3n) is 5.01. The highest BCUT2D eigenvalue weighted by Crippen LogP contribution is 2.33. The number of ether oxygens (including phenoxy) is 2. The number of aromatic carboxylic acids is 1. The van der Waals surface area contributed by atoms with Crippen molar-refractivity contribution in [1.82, 2.24) is 0 Å². The van der Waals surface area contributed by atoms with Crippen LogP contribution in [-0.4, -0.2) is 17.7 Å². The molecule has 2 aromatic carbocycles. The van der Waals surface area contributed by atoms with E-state index < -0.39 is 5.97 Å². The van der Waals surface area contributed by atoms with Crippen LogP contribution in [0.4, 0.5) is 0 Å². The van der Waals surface area contributed by atoms with Crippen LogP contribution in [0.15, 0.2) is 42.5 Å². The SMILES string of the molecule is Cc1c(OCC2CCCCC2)ccc(C(=O)O)c1OCc1ccccc1. The zero-order valence-electron chi connectivity index (χ0n) is 15.2. The lowest BCUT2D eigenvalue weighted by Crippen LogP contribution is -2.16. The molecule has 0 unspecified atom stereocenters. The van der Waals surface area contributed by atoms with E-state index in [1.54, 1.807) is 12.1 Å². The second-order valence-electron chi connectivity index (χ2n) is 6.96. The van der Waals surface area contributed by atoms with Gasteiger partial charge in [-0.15, -0.1) is 0 Å². The lowest BCUT2D eigenvalue weighted by atomic mass is 9.90. The van der Waals surface area contributed by atoms with Crippen LogP contribution in [0.2, 0.25) is 0 Å². The molecule has 4 heteroatoms. The molecule has 0 bridgehead atoms. The first-order valence-corrected chi connectivity index (χ1v) is 9.31. The van der Waals surface area contributed by atoms with E-state index in [-0.39, 0.29) is 5.56 Å². The van der Waals surface area contributed by atoms with Crippen LogP contribution in [0, 0.1) is 12.8 Å². The van der Waals surface area contributed by atoms with Crippen molar-refractivity contribution < 1.29 is 19.4 Å². The molecule has 0 amide bonds. The predicted octanol–water partition coefficient (Wildman–Crippen LogP) is 5.23. The molecule has 0 spiro atoms. The van der Waals surface area contributed by atoms with Gasteiger partial charge in [0.05, 0.1) is 6.61 Å². The zero-order valence-corrected chi connectivity index (χ0v) is 15.2. The van der Waals surface area contributed by atoms with Gasteiger partial charge in [-0.3, -0.25) is 0 Å². The topological polar surface area (TPSA) is 55.8 Å². The Labute approximate surface area is 154 Å². The molecule has 2 aromatic rings. The smallest absolute Gasteiger partial charge is 0.339 e. The fourth-order valence-electron chi connectivity index (χ4n) is 3.48. The summed E-state index contributed by atoms with van der Waals surface area (Å²) in [4.78, 5) is 11.6. The van der Waals surface area contributed by atoms with Crippen LogP contribution in [0.3, 0.4) is 0 Å². The quantitative estimate of drug-likeness (QED) is 0.739. The summed E-state index contributed by atoms with van der Waals surface area (Å²) in [7, 11) is 0. The second kappa shape index (κ2) is 8.75. The van der Waals surface area contributed by atoms with Crippen molar-refractivity contribution >= 4 is 5.97 Å². The number of hydrogen-bond acceptors (Lipinski definition) is 3. The number of rotatable bonds is 7. The average Bonchev–Trinajstić information content (AvgIpc) is 2.67. The first-order chi connectivity index (χ1) is 12.6. The Balaban J connectivity index is 1.75. The van der Waals surface area contributed by atoms with Gasteiger partial charge in [0.25, 0.3) is 0 Å². The van der Waals surface area contributed by atoms with Crippen LogP contribution in [0.5, 0.6) is 11.5 Å². The summed E-state index contributed by atoms with van der Waals surface area (Å²) in [5, 5.41) is 9.49. The highest BCUT2D eigenvalue weighted by molar-refractivity contribution is 5.91. The molecule has 0 aliphatic heterocycles. The highest BCUT2D eigenvalue weighted by atomic mass is 16.5.